The highest BCUT2D eigenvalue weighted by atomic mass is 31.1. The average molecular weight is 318 g/mol. The molecule has 5 unspecified atom stereocenters. The molecule has 0 saturated carbocycles. The molecule has 0 bridgehead atoms. The maximum absolute atomic E-state index is 2.51. The second kappa shape index (κ2) is 7.96. The Morgan fingerprint density at radius 1 is 1.00 bits per heavy atom. The molecule has 0 nitrogen and oxygen atoms in total. The first-order valence-electron chi connectivity index (χ1n) is 9.30. The molecule has 0 spiro atoms. The summed E-state index contributed by atoms with van der Waals surface area (Å²) in [5.74, 6) is 3.39. The summed E-state index contributed by atoms with van der Waals surface area (Å²) in [4.78, 5) is 0. The highest BCUT2D eigenvalue weighted by Crippen LogP contribution is 2.59. The fraction of sp³-hybridized carbons (Fsp3) is 0.714. The third-order valence-electron chi connectivity index (χ3n) is 5.99. The minimum Gasteiger partial charge on any atom is -0.0684 e. The van der Waals surface area contributed by atoms with E-state index in [-0.39, 0.29) is 7.92 Å². The van der Waals surface area contributed by atoms with Crippen molar-refractivity contribution in [2.45, 2.75) is 72.1 Å². The van der Waals surface area contributed by atoms with E-state index < -0.39 is 0 Å². The molecule has 0 aromatic heterocycles. The van der Waals surface area contributed by atoms with E-state index in [1.54, 1.807) is 5.30 Å². The van der Waals surface area contributed by atoms with E-state index in [9.17, 15) is 0 Å². The van der Waals surface area contributed by atoms with E-state index >= 15 is 0 Å². The van der Waals surface area contributed by atoms with E-state index in [1.807, 2.05) is 0 Å². The summed E-state index contributed by atoms with van der Waals surface area (Å²) < 4.78 is 0. The van der Waals surface area contributed by atoms with Crippen LogP contribution in [-0.2, 0) is 0 Å². The maximum atomic E-state index is 2.51. The maximum Gasteiger partial charge on any atom is -0.0138 e. The smallest absolute Gasteiger partial charge is 0.0138 e. The number of hydrogen-bond donors (Lipinski definition) is 0. The van der Waals surface area contributed by atoms with E-state index in [0.717, 1.165) is 35.0 Å². The quantitative estimate of drug-likeness (QED) is 0.559. The van der Waals surface area contributed by atoms with E-state index in [0.29, 0.717) is 0 Å². The zero-order valence-corrected chi connectivity index (χ0v) is 16.3. The van der Waals surface area contributed by atoms with Crippen LogP contribution in [0.25, 0.3) is 0 Å². The predicted octanol–water partition coefficient (Wildman–Crippen LogP) is 6.30. The summed E-state index contributed by atoms with van der Waals surface area (Å²) in [5.41, 5.74) is 1.83. The largest absolute Gasteiger partial charge is 0.0684 e. The average Bonchev–Trinajstić information content (AvgIpc) is 2.53. The number of rotatable bonds is 5. The zero-order valence-electron chi connectivity index (χ0n) is 15.4. The van der Waals surface area contributed by atoms with Gasteiger partial charge in [0.15, 0.2) is 0 Å². The van der Waals surface area contributed by atoms with Crippen LogP contribution in [-0.4, -0.2) is 11.3 Å². The molecule has 0 amide bonds. The monoisotopic (exact) mass is 318 g/mol. The van der Waals surface area contributed by atoms with E-state index in [2.05, 4.69) is 71.9 Å². The fourth-order valence-corrected chi connectivity index (χ4v) is 8.72. The molecular weight excluding hydrogens is 283 g/mol. The van der Waals surface area contributed by atoms with Gasteiger partial charge in [-0.25, -0.2) is 0 Å². The van der Waals surface area contributed by atoms with Crippen molar-refractivity contribution in [1.29, 1.82) is 0 Å². The third-order valence-corrected chi connectivity index (χ3v) is 9.79. The molecule has 5 atom stereocenters. The molecule has 0 radical (unpaired) electrons. The van der Waals surface area contributed by atoms with Crippen LogP contribution < -0.4 is 5.30 Å². The Morgan fingerprint density at radius 2 is 1.64 bits per heavy atom. The minimum absolute atomic E-state index is 0.0374. The van der Waals surface area contributed by atoms with Gasteiger partial charge in [-0.05, 0) is 59.6 Å². The molecule has 1 heterocycles. The highest BCUT2D eigenvalue weighted by Gasteiger charge is 2.42. The molecule has 1 aliphatic heterocycles. The van der Waals surface area contributed by atoms with E-state index in [1.165, 1.54) is 19.3 Å². The van der Waals surface area contributed by atoms with Crippen LogP contribution in [0.5, 0.6) is 0 Å². The first kappa shape index (κ1) is 18.0. The van der Waals surface area contributed by atoms with Crippen molar-refractivity contribution < 1.29 is 0 Å². The van der Waals surface area contributed by atoms with Crippen LogP contribution in [0.2, 0.25) is 0 Å². The minimum atomic E-state index is -0.0374. The summed E-state index contributed by atoms with van der Waals surface area (Å²) in [6.45, 7) is 14.7. The normalized spacial score (nSPS) is 30.7. The van der Waals surface area contributed by atoms with Crippen LogP contribution >= 0.6 is 7.92 Å². The van der Waals surface area contributed by atoms with Crippen LogP contribution in [0.3, 0.4) is 0 Å². The van der Waals surface area contributed by atoms with Crippen LogP contribution in [0.15, 0.2) is 30.3 Å². The van der Waals surface area contributed by atoms with Gasteiger partial charge in [-0.2, -0.15) is 0 Å². The second-order valence-corrected chi connectivity index (χ2v) is 10.5. The van der Waals surface area contributed by atoms with Crippen molar-refractivity contribution in [3.63, 3.8) is 0 Å². The zero-order chi connectivity index (χ0) is 16.3. The van der Waals surface area contributed by atoms with E-state index in [4.69, 9.17) is 0 Å². The Balaban J connectivity index is 2.39. The van der Waals surface area contributed by atoms with Gasteiger partial charge in [0.05, 0.1) is 0 Å². The Bertz CT molecular complexity index is 434. The predicted molar refractivity (Wildman–Crippen MR) is 102 cm³/mol. The lowest BCUT2D eigenvalue weighted by atomic mass is 9.83. The Hall–Kier alpha value is -0.350. The molecule has 1 aromatic carbocycles. The number of hydrogen-bond acceptors (Lipinski definition) is 0. The van der Waals surface area contributed by atoms with Gasteiger partial charge in [0, 0.05) is 0 Å². The van der Waals surface area contributed by atoms with Crippen molar-refractivity contribution in [2.75, 3.05) is 0 Å². The Kier molecular flexibility index (Phi) is 6.51. The second-order valence-electron chi connectivity index (χ2n) is 7.87. The summed E-state index contributed by atoms with van der Waals surface area (Å²) >= 11 is 0. The third kappa shape index (κ3) is 3.76. The van der Waals surface area contributed by atoms with Gasteiger partial charge in [-0.15, -0.1) is 0 Å². The molecule has 2 rings (SSSR count). The molecule has 1 aliphatic rings. The summed E-state index contributed by atoms with van der Waals surface area (Å²) in [5, 5.41) is 1.66. The van der Waals surface area contributed by atoms with Crippen molar-refractivity contribution in [3.8, 4) is 0 Å². The molecule has 0 aliphatic carbocycles. The lowest BCUT2D eigenvalue weighted by Crippen LogP contribution is -2.39. The van der Waals surface area contributed by atoms with Gasteiger partial charge >= 0.3 is 0 Å². The molecule has 22 heavy (non-hydrogen) atoms. The summed E-state index contributed by atoms with van der Waals surface area (Å²) in [6, 6.07) is 11.5. The van der Waals surface area contributed by atoms with Gasteiger partial charge in [0.2, 0.25) is 0 Å². The van der Waals surface area contributed by atoms with Crippen molar-refractivity contribution in [2.24, 2.45) is 23.7 Å². The summed E-state index contributed by atoms with van der Waals surface area (Å²) in [7, 11) is -0.0374. The fourth-order valence-electron chi connectivity index (χ4n) is 4.37. The lowest BCUT2D eigenvalue weighted by Gasteiger charge is -2.48. The van der Waals surface area contributed by atoms with Crippen molar-refractivity contribution in [3.05, 3.63) is 30.3 Å². The number of benzene rings is 1. The molecule has 1 fully saturated rings. The van der Waals surface area contributed by atoms with Crippen LogP contribution in [0.4, 0.5) is 0 Å². The highest BCUT2D eigenvalue weighted by molar-refractivity contribution is 7.67. The first-order chi connectivity index (χ1) is 10.5. The van der Waals surface area contributed by atoms with Gasteiger partial charge in [0.1, 0.15) is 0 Å². The molecule has 1 heteroatoms. The molecule has 124 valence electrons. The first-order valence-corrected chi connectivity index (χ1v) is 10.8. The topological polar surface area (TPSA) is 0 Å². The van der Waals surface area contributed by atoms with Crippen LogP contribution in [0.1, 0.15) is 60.8 Å². The van der Waals surface area contributed by atoms with Gasteiger partial charge in [0.25, 0.3) is 0 Å². The van der Waals surface area contributed by atoms with Gasteiger partial charge in [-0.1, -0.05) is 79.8 Å². The molecule has 1 aromatic rings. The molecular formula is C21H35P. The van der Waals surface area contributed by atoms with Gasteiger partial charge in [-0.3, -0.25) is 0 Å². The van der Waals surface area contributed by atoms with Crippen LogP contribution in [0, 0.1) is 23.7 Å². The SMILES string of the molecule is CCC1C(C(C)C)CCC(C(C)C(C)C)P1c1ccccc1. The lowest BCUT2D eigenvalue weighted by molar-refractivity contribution is 0.285. The standard InChI is InChI=1S/C21H35P/c1-7-20-19(16(4)5)13-14-21(17(6)15(2)3)22(20)18-11-9-8-10-12-18/h8-12,15-17,19-21H,7,13-14H2,1-6H3. The molecule has 0 N–H and O–H groups in total. The summed E-state index contributed by atoms with van der Waals surface area (Å²) in [6.07, 6.45) is 4.24. The molecule has 1 saturated heterocycles. The van der Waals surface area contributed by atoms with Crippen molar-refractivity contribution in [1.82, 2.24) is 0 Å². The Labute approximate surface area is 139 Å². The van der Waals surface area contributed by atoms with Gasteiger partial charge < -0.3 is 0 Å². The Morgan fingerprint density at radius 3 is 2.14 bits per heavy atom. The van der Waals surface area contributed by atoms with Crippen molar-refractivity contribution >= 4 is 13.2 Å².